The molecule has 1 aromatic heterocycles. The number of imidazole rings is 1. The van der Waals surface area contributed by atoms with Crippen LogP contribution in [0.2, 0.25) is 0 Å². The summed E-state index contributed by atoms with van der Waals surface area (Å²) in [4.78, 5) is 19.1. The van der Waals surface area contributed by atoms with E-state index in [1.807, 2.05) is 42.2 Å². The molecule has 1 amide bonds. The van der Waals surface area contributed by atoms with Gasteiger partial charge in [-0.3, -0.25) is 4.79 Å². The quantitative estimate of drug-likeness (QED) is 0.592. The standard InChI is InChI=1S/C24H29N3O2/c1-4-26-16-19(15-23(26)28)24-25-21-7-5-6-8-22(21)27(24)13-14-29-20-11-9-18(10-12-20)17(2)3/h5-12,17,19H,4,13-16H2,1-3H3. The first-order chi connectivity index (χ1) is 14.1. The fourth-order valence-corrected chi connectivity index (χ4v) is 4.10. The molecule has 1 atom stereocenters. The van der Waals surface area contributed by atoms with Crippen molar-refractivity contribution in [3.05, 3.63) is 59.9 Å². The summed E-state index contributed by atoms with van der Waals surface area (Å²) in [6.07, 6.45) is 0.536. The Balaban J connectivity index is 1.52. The third kappa shape index (κ3) is 4.00. The summed E-state index contributed by atoms with van der Waals surface area (Å²) in [5.41, 5.74) is 3.39. The fourth-order valence-electron chi connectivity index (χ4n) is 4.10. The topological polar surface area (TPSA) is 47.4 Å². The van der Waals surface area contributed by atoms with Crippen LogP contribution in [0.15, 0.2) is 48.5 Å². The third-order valence-corrected chi connectivity index (χ3v) is 5.78. The van der Waals surface area contributed by atoms with Crippen LogP contribution in [-0.2, 0) is 11.3 Å². The lowest BCUT2D eigenvalue weighted by Crippen LogP contribution is -2.24. The van der Waals surface area contributed by atoms with Gasteiger partial charge in [0, 0.05) is 25.4 Å². The van der Waals surface area contributed by atoms with Crippen LogP contribution >= 0.6 is 0 Å². The van der Waals surface area contributed by atoms with Gasteiger partial charge in [0.25, 0.3) is 0 Å². The maximum atomic E-state index is 12.3. The van der Waals surface area contributed by atoms with Crippen molar-refractivity contribution in [2.45, 2.75) is 45.6 Å². The van der Waals surface area contributed by atoms with Crippen LogP contribution in [0.5, 0.6) is 5.75 Å². The molecule has 2 heterocycles. The Morgan fingerprint density at radius 3 is 2.59 bits per heavy atom. The molecule has 0 aliphatic carbocycles. The van der Waals surface area contributed by atoms with Crippen molar-refractivity contribution in [2.75, 3.05) is 19.7 Å². The van der Waals surface area contributed by atoms with Crippen LogP contribution in [0, 0.1) is 0 Å². The molecule has 0 bridgehead atoms. The first-order valence-corrected chi connectivity index (χ1v) is 10.5. The molecule has 0 saturated carbocycles. The molecule has 1 aliphatic heterocycles. The molecule has 5 nitrogen and oxygen atoms in total. The van der Waals surface area contributed by atoms with Crippen molar-refractivity contribution < 1.29 is 9.53 Å². The van der Waals surface area contributed by atoms with Crippen molar-refractivity contribution >= 4 is 16.9 Å². The predicted octanol–water partition coefficient (Wildman–Crippen LogP) is 4.57. The summed E-state index contributed by atoms with van der Waals surface area (Å²) in [5, 5.41) is 0. The summed E-state index contributed by atoms with van der Waals surface area (Å²) in [5.74, 6) is 2.75. The number of hydrogen-bond acceptors (Lipinski definition) is 3. The number of hydrogen-bond donors (Lipinski definition) is 0. The van der Waals surface area contributed by atoms with Crippen LogP contribution in [-0.4, -0.2) is 40.1 Å². The van der Waals surface area contributed by atoms with Gasteiger partial charge < -0.3 is 14.2 Å². The zero-order chi connectivity index (χ0) is 20.4. The van der Waals surface area contributed by atoms with E-state index in [4.69, 9.17) is 9.72 Å². The van der Waals surface area contributed by atoms with Crippen molar-refractivity contribution in [1.82, 2.24) is 14.5 Å². The lowest BCUT2D eigenvalue weighted by molar-refractivity contribution is -0.127. The molecule has 0 spiro atoms. The van der Waals surface area contributed by atoms with Gasteiger partial charge in [0.05, 0.1) is 17.6 Å². The summed E-state index contributed by atoms with van der Waals surface area (Å²) in [6.45, 7) is 9.18. The van der Waals surface area contributed by atoms with Crippen molar-refractivity contribution in [3.8, 4) is 5.75 Å². The average molecular weight is 392 g/mol. The molecule has 29 heavy (non-hydrogen) atoms. The smallest absolute Gasteiger partial charge is 0.223 e. The first kappa shape index (κ1) is 19.5. The number of carbonyl (C=O) groups is 1. The predicted molar refractivity (Wildman–Crippen MR) is 115 cm³/mol. The number of carbonyl (C=O) groups excluding carboxylic acids is 1. The Labute approximate surface area is 172 Å². The van der Waals surface area contributed by atoms with Crippen molar-refractivity contribution in [3.63, 3.8) is 0 Å². The highest BCUT2D eigenvalue weighted by atomic mass is 16.5. The number of amides is 1. The van der Waals surface area contributed by atoms with Crippen molar-refractivity contribution in [1.29, 1.82) is 0 Å². The molecule has 1 saturated heterocycles. The first-order valence-electron chi connectivity index (χ1n) is 10.5. The SMILES string of the molecule is CCN1CC(c2nc3ccccc3n2CCOc2ccc(C(C)C)cc2)CC1=O. The Kier molecular flexibility index (Phi) is 5.56. The number of likely N-dealkylation sites (tertiary alicyclic amines) is 1. The highest BCUT2D eigenvalue weighted by Gasteiger charge is 2.33. The molecule has 152 valence electrons. The van der Waals surface area contributed by atoms with Crippen LogP contribution < -0.4 is 4.74 Å². The summed E-state index contributed by atoms with van der Waals surface area (Å²) in [6, 6.07) is 16.5. The van der Waals surface area contributed by atoms with E-state index in [-0.39, 0.29) is 11.8 Å². The number of para-hydroxylation sites is 2. The minimum atomic E-state index is 0.139. The summed E-state index contributed by atoms with van der Waals surface area (Å²) < 4.78 is 8.25. The van der Waals surface area contributed by atoms with Gasteiger partial charge in [0.15, 0.2) is 0 Å². The number of likely N-dealkylation sites (N-methyl/N-ethyl adjacent to an activating group) is 1. The second-order valence-electron chi connectivity index (χ2n) is 8.02. The molecular formula is C24H29N3O2. The van der Waals surface area contributed by atoms with Gasteiger partial charge in [0.1, 0.15) is 18.2 Å². The minimum absolute atomic E-state index is 0.139. The Hall–Kier alpha value is -2.82. The zero-order valence-electron chi connectivity index (χ0n) is 17.5. The number of nitrogens with zero attached hydrogens (tertiary/aromatic N) is 3. The molecule has 2 aromatic carbocycles. The molecule has 0 radical (unpaired) electrons. The van der Waals surface area contributed by atoms with E-state index < -0.39 is 0 Å². The highest BCUT2D eigenvalue weighted by Crippen LogP contribution is 2.30. The van der Waals surface area contributed by atoms with E-state index >= 15 is 0 Å². The van der Waals surface area contributed by atoms with E-state index in [1.165, 1.54) is 5.56 Å². The second-order valence-corrected chi connectivity index (χ2v) is 8.02. The van der Waals surface area contributed by atoms with Gasteiger partial charge >= 0.3 is 0 Å². The van der Waals surface area contributed by atoms with Gasteiger partial charge in [-0.2, -0.15) is 0 Å². The number of ether oxygens (including phenoxy) is 1. The maximum Gasteiger partial charge on any atom is 0.223 e. The lowest BCUT2D eigenvalue weighted by atomic mass is 10.0. The van der Waals surface area contributed by atoms with Gasteiger partial charge in [-0.05, 0) is 42.7 Å². The Bertz CT molecular complexity index is 991. The minimum Gasteiger partial charge on any atom is -0.492 e. The number of aromatic nitrogens is 2. The van der Waals surface area contributed by atoms with Crippen LogP contribution in [0.1, 0.15) is 50.4 Å². The molecule has 5 heteroatoms. The Morgan fingerprint density at radius 2 is 1.90 bits per heavy atom. The van der Waals surface area contributed by atoms with E-state index in [9.17, 15) is 4.79 Å². The van der Waals surface area contributed by atoms with Crippen LogP contribution in [0.3, 0.4) is 0 Å². The van der Waals surface area contributed by atoms with Gasteiger partial charge in [0.2, 0.25) is 5.91 Å². The summed E-state index contributed by atoms with van der Waals surface area (Å²) >= 11 is 0. The van der Waals surface area contributed by atoms with Crippen LogP contribution in [0.25, 0.3) is 11.0 Å². The zero-order valence-corrected chi connectivity index (χ0v) is 17.5. The van der Waals surface area contributed by atoms with Gasteiger partial charge in [-0.25, -0.2) is 4.98 Å². The fraction of sp³-hybridized carbons (Fsp3) is 0.417. The average Bonchev–Trinajstić information content (AvgIpc) is 3.28. The molecule has 0 N–H and O–H groups in total. The van der Waals surface area contributed by atoms with E-state index in [1.54, 1.807) is 0 Å². The summed E-state index contributed by atoms with van der Waals surface area (Å²) in [7, 11) is 0. The largest absolute Gasteiger partial charge is 0.492 e. The number of rotatable bonds is 7. The molecule has 1 fully saturated rings. The molecule has 3 aromatic rings. The molecule has 4 rings (SSSR count). The Morgan fingerprint density at radius 1 is 1.14 bits per heavy atom. The van der Waals surface area contributed by atoms with Crippen LogP contribution in [0.4, 0.5) is 0 Å². The van der Waals surface area contributed by atoms with E-state index in [0.717, 1.165) is 35.7 Å². The number of benzene rings is 2. The number of fused-ring (bicyclic) bond motifs is 1. The maximum absolute atomic E-state index is 12.3. The van der Waals surface area contributed by atoms with Crippen molar-refractivity contribution in [2.24, 2.45) is 0 Å². The van der Waals surface area contributed by atoms with Gasteiger partial charge in [-0.15, -0.1) is 0 Å². The molecule has 1 aliphatic rings. The van der Waals surface area contributed by atoms with Gasteiger partial charge in [-0.1, -0.05) is 38.1 Å². The lowest BCUT2D eigenvalue weighted by Gasteiger charge is -2.16. The molecular weight excluding hydrogens is 362 g/mol. The molecule has 1 unspecified atom stereocenters. The second kappa shape index (κ2) is 8.27. The highest BCUT2D eigenvalue weighted by molar-refractivity contribution is 5.80. The third-order valence-electron chi connectivity index (χ3n) is 5.78. The normalized spacial score (nSPS) is 16.9. The monoisotopic (exact) mass is 391 g/mol. The van der Waals surface area contributed by atoms with E-state index in [2.05, 4.69) is 36.6 Å². The van der Waals surface area contributed by atoms with E-state index in [0.29, 0.717) is 25.5 Å².